The molecule has 5 atom stereocenters. The van der Waals surface area contributed by atoms with Gasteiger partial charge in [-0.2, -0.15) is 21.1 Å². The van der Waals surface area contributed by atoms with Crippen molar-refractivity contribution in [1.82, 2.24) is 30.0 Å². The number of piperidine rings is 1. The molecule has 0 radical (unpaired) electrons. The fraction of sp³-hybridized carbons (Fsp3) is 0.414. The summed E-state index contributed by atoms with van der Waals surface area (Å²) in [5.74, 6) is 1.15. The van der Waals surface area contributed by atoms with Crippen LogP contribution in [0.3, 0.4) is 0 Å². The van der Waals surface area contributed by atoms with Crippen LogP contribution in [0.1, 0.15) is 43.5 Å². The molecule has 3 aromatic heterocycles. The normalized spacial score (nSPS) is 24.2. The highest BCUT2D eigenvalue weighted by molar-refractivity contribution is 5.84. The van der Waals surface area contributed by atoms with Crippen LogP contribution in [0.5, 0.6) is 0 Å². The SMILES string of the molecule is O=C=O.[C-]#[N+]N1C[C@@H]2CC[C@H](O)[C@H](C)[C@H]2C[C@H]1c1[nH]c2ccccc2c1CCn1cc(-c2ccccn2)nn1. The lowest BCUT2D eigenvalue weighted by Gasteiger charge is -2.45. The van der Waals surface area contributed by atoms with Gasteiger partial charge in [-0.1, -0.05) is 36.4 Å². The molecule has 39 heavy (non-hydrogen) atoms. The zero-order chi connectivity index (χ0) is 27.4. The van der Waals surface area contributed by atoms with Gasteiger partial charge in [-0.05, 0) is 67.2 Å². The van der Waals surface area contributed by atoms with Crippen molar-refractivity contribution in [2.24, 2.45) is 17.8 Å². The molecule has 1 aliphatic heterocycles. The molecule has 1 saturated carbocycles. The summed E-state index contributed by atoms with van der Waals surface area (Å²) in [5.41, 5.74) is 5.03. The minimum absolute atomic E-state index is 0.0151. The van der Waals surface area contributed by atoms with Crippen LogP contribution in [0.4, 0.5) is 0 Å². The molecule has 200 valence electrons. The van der Waals surface area contributed by atoms with E-state index in [2.05, 4.69) is 50.4 Å². The van der Waals surface area contributed by atoms with Crippen molar-refractivity contribution in [3.8, 4) is 11.4 Å². The average Bonchev–Trinajstić information content (AvgIpc) is 3.59. The van der Waals surface area contributed by atoms with E-state index in [4.69, 9.17) is 16.2 Å². The first-order valence-corrected chi connectivity index (χ1v) is 13.3. The Kier molecular flexibility index (Phi) is 7.82. The predicted octanol–water partition coefficient (Wildman–Crippen LogP) is 4.08. The monoisotopic (exact) mass is 525 g/mol. The van der Waals surface area contributed by atoms with Gasteiger partial charge in [0, 0.05) is 29.3 Å². The number of para-hydroxylation sites is 1. The lowest BCUT2D eigenvalue weighted by atomic mass is 9.66. The molecular weight excluding hydrogens is 494 g/mol. The van der Waals surface area contributed by atoms with E-state index in [0.29, 0.717) is 18.4 Å². The maximum atomic E-state index is 10.6. The minimum atomic E-state index is -0.241. The van der Waals surface area contributed by atoms with Crippen molar-refractivity contribution in [2.45, 2.75) is 51.3 Å². The first kappa shape index (κ1) is 26.3. The van der Waals surface area contributed by atoms with E-state index in [1.807, 2.05) is 40.2 Å². The lowest BCUT2D eigenvalue weighted by Crippen LogP contribution is -2.47. The summed E-state index contributed by atoms with van der Waals surface area (Å²) in [6.45, 7) is 11.6. The van der Waals surface area contributed by atoms with E-state index in [-0.39, 0.29) is 24.2 Å². The third-order valence-corrected chi connectivity index (χ3v) is 8.36. The van der Waals surface area contributed by atoms with Gasteiger partial charge in [-0.25, -0.2) is 0 Å². The summed E-state index contributed by atoms with van der Waals surface area (Å²) < 4.78 is 1.87. The third-order valence-electron chi connectivity index (χ3n) is 8.36. The Morgan fingerprint density at radius 2 is 1.95 bits per heavy atom. The van der Waals surface area contributed by atoms with Crippen molar-refractivity contribution in [2.75, 3.05) is 6.54 Å². The van der Waals surface area contributed by atoms with Gasteiger partial charge >= 0.3 is 6.15 Å². The highest BCUT2D eigenvalue weighted by atomic mass is 16.3. The molecule has 6 rings (SSSR count). The first-order valence-electron chi connectivity index (χ1n) is 13.3. The largest absolute Gasteiger partial charge is 0.393 e. The molecule has 0 amide bonds. The number of aryl methyl sites for hydroxylation is 2. The number of benzene rings is 1. The maximum Gasteiger partial charge on any atom is 0.373 e. The molecule has 1 saturated heterocycles. The number of fused-ring (bicyclic) bond motifs is 2. The molecule has 1 aliphatic carbocycles. The van der Waals surface area contributed by atoms with Crippen molar-refractivity contribution in [3.63, 3.8) is 0 Å². The van der Waals surface area contributed by atoms with Gasteiger partial charge < -0.3 is 10.1 Å². The van der Waals surface area contributed by atoms with Crippen molar-refractivity contribution < 1.29 is 14.7 Å². The molecule has 2 fully saturated rings. The molecule has 1 aromatic carbocycles. The summed E-state index contributed by atoms with van der Waals surface area (Å²) in [4.78, 5) is 28.3. The zero-order valence-electron chi connectivity index (χ0n) is 21.8. The molecule has 0 spiro atoms. The number of rotatable bonds is 5. The molecule has 4 aromatic rings. The molecule has 0 unspecified atom stereocenters. The fourth-order valence-electron chi connectivity index (χ4n) is 6.37. The maximum absolute atomic E-state index is 10.6. The Morgan fingerprint density at radius 3 is 2.72 bits per heavy atom. The number of hydrogen-bond donors (Lipinski definition) is 2. The molecule has 10 heteroatoms. The quantitative estimate of drug-likeness (QED) is 0.377. The summed E-state index contributed by atoms with van der Waals surface area (Å²) in [6.07, 6.45) is 7.22. The summed E-state index contributed by atoms with van der Waals surface area (Å²) in [6, 6.07) is 14.1. The highest BCUT2D eigenvalue weighted by Gasteiger charge is 2.46. The van der Waals surface area contributed by atoms with Crippen LogP contribution in [0.25, 0.3) is 27.2 Å². The number of carbonyl (C=O) groups excluding carboxylic acids is 2. The lowest BCUT2D eigenvalue weighted by molar-refractivity contribution is -0.191. The van der Waals surface area contributed by atoms with Crippen LogP contribution in [0.2, 0.25) is 0 Å². The van der Waals surface area contributed by atoms with E-state index in [1.165, 1.54) is 10.9 Å². The fourth-order valence-corrected chi connectivity index (χ4v) is 6.37. The van der Waals surface area contributed by atoms with E-state index < -0.39 is 0 Å². The van der Waals surface area contributed by atoms with E-state index >= 15 is 0 Å². The van der Waals surface area contributed by atoms with Gasteiger partial charge in [0.05, 0.1) is 24.5 Å². The van der Waals surface area contributed by atoms with Crippen LogP contribution >= 0.6 is 0 Å². The number of pyridine rings is 1. The smallest absolute Gasteiger partial charge is 0.373 e. The van der Waals surface area contributed by atoms with Crippen LogP contribution in [-0.4, -0.2) is 53.9 Å². The molecule has 2 N–H and O–H groups in total. The Hall–Kier alpha value is -4.32. The standard InChI is InChI=1S/C28H31N7O.CO2/c1-18-22-15-26(35(29-2)16-19(22)10-11-27(18)36)28-21(20-7-3-4-8-23(20)31-28)12-14-34-17-25(32-33-34)24-9-5-6-13-30-24;2-1-3/h3-9,13,17-19,22,26-27,31,36H,10-12,14-16H2,1H3;/t18-,19+,22-,26+,27+;/m1./s1. The number of H-pyrrole nitrogens is 1. The average molecular weight is 526 g/mol. The molecule has 10 nitrogen and oxygen atoms in total. The van der Waals surface area contributed by atoms with E-state index in [1.54, 1.807) is 6.20 Å². The first-order chi connectivity index (χ1) is 19.0. The topological polar surface area (TPSA) is 121 Å². The number of aromatic amines is 1. The highest BCUT2D eigenvalue weighted by Crippen LogP contribution is 2.47. The van der Waals surface area contributed by atoms with Crippen LogP contribution in [0.15, 0.2) is 54.9 Å². The summed E-state index contributed by atoms with van der Waals surface area (Å²) >= 11 is 0. The van der Waals surface area contributed by atoms with Crippen molar-refractivity contribution in [1.29, 1.82) is 0 Å². The number of nitrogens with zero attached hydrogens (tertiary/aromatic N) is 6. The Labute approximate surface area is 226 Å². The summed E-state index contributed by atoms with van der Waals surface area (Å²) in [7, 11) is 0. The van der Waals surface area contributed by atoms with Crippen molar-refractivity contribution >= 4 is 17.1 Å². The molecule has 2 aliphatic rings. The van der Waals surface area contributed by atoms with E-state index in [9.17, 15) is 5.11 Å². The van der Waals surface area contributed by atoms with Gasteiger partial charge in [0.1, 0.15) is 11.7 Å². The van der Waals surface area contributed by atoms with Gasteiger partial charge in [0.25, 0.3) is 0 Å². The summed E-state index contributed by atoms with van der Waals surface area (Å²) in [5, 5.41) is 22.4. The number of aliphatic hydroxyl groups excluding tert-OH is 1. The molecular formula is C29H31N7O3. The second-order valence-electron chi connectivity index (χ2n) is 10.4. The van der Waals surface area contributed by atoms with Gasteiger partial charge in [-0.15, -0.1) is 10.1 Å². The number of aliphatic hydroxyl groups is 1. The molecule has 4 heterocycles. The van der Waals surface area contributed by atoms with E-state index in [0.717, 1.165) is 54.8 Å². The third kappa shape index (κ3) is 5.32. The number of nitrogens with one attached hydrogen (secondary N) is 1. The Balaban J connectivity index is 0.000000983. The number of aromatic nitrogens is 5. The zero-order valence-corrected chi connectivity index (χ0v) is 21.8. The second-order valence-corrected chi connectivity index (χ2v) is 10.4. The Morgan fingerprint density at radius 1 is 1.15 bits per heavy atom. The van der Waals surface area contributed by atoms with Crippen LogP contribution in [-0.2, 0) is 22.6 Å². The van der Waals surface area contributed by atoms with Crippen molar-refractivity contribution in [3.05, 3.63) is 77.6 Å². The minimum Gasteiger partial charge on any atom is -0.393 e. The predicted molar refractivity (Wildman–Crippen MR) is 142 cm³/mol. The van der Waals surface area contributed by atoms with Crippen LogP contribution in [0, 0.1) is 24.3 Å². The molecule has 0 bridgehead atoms. The number of hydrogen-bond acceptors (Lipinski definition) is 7. The Bertz CT molecular complexity index is 1490. The second kappa shape index (κ2) is 11.6. The van der Waals surface area contributed by atoms with Gasteiger partial charge in [-0.3, -0.25) is 9.67 Å². The van der Waals surface area contributed by atoms with Crippen LogP contribution < -0.4 is 0 Å². The van der Waals surface area contributed by atoms with Gasteiger partial charge in [0.2, 0.25) is 0 Å². The van der Waals surface area contributed by atoms with Gasteiger partial charge in [0.15, 0.2) is 0 Å².